The van der Waals surface area contributed by atoms with Crippen molar-refractivity contribution in [3.8, 4) is 17.3 Å². The normalized spacial score (nSPS) is 21.5. The van der Waals surface area contributed by atoms with Gasteiger partial charge in [-0.2, -0.15) is 5.26 Å². The quantitative estimate of drug-likeness (QED) is 0.224. The Labute approximate surface area is 277 Å². The van der Waals surface area contributed by atoms with Crippen LogP contribution in [0.3, 0.4) is 0 Å². The lowest BCUT2D eigenvalue weighted by molar-refractivity contribution is -0.128. The first-order chi connectivity index (χ1) is 22.4. The molecule has 3 fully saturated rings. The van der Waals surface area contributed by atoms with Crippen LogP contribution in [-0.4, -0.2) is 79.9 Å². The number of amides is 2. The van der Waals surface area contributed by atoms with Crippen LogP contribution in [0.1, 0.15) is 68.9 Å². The Morgan fingerprint density at radius 3 is 2.70 bits per heavy atom. The molecule has 244 valence electrons. The highest BCUT2D eigenvalue weighted by Crippen LogP contribution is 2.52. The third kappa shape index (κ3) is 5.10. The van der Waals surface area contributed by atoms with Gasteiger partial charge >= 0.3 is 6.09 Å². The predicted octanol–water partition coefficient (Wildman–Crippen LogP) is 6.26. The molecule has 2 bridgehead atoms. The summed E-state index contributed by atoms with van der Waals surface area (Å²) < 4.78 is 24.7. The van der Waals surface area contributed by atoms with Gasteiger partial charge in [0, 0.05) is 56.5 Å². The van der Waals surface area contributed by atoms with E-state index in [1.165, 1.54) is 11.8 Å². The zero-order valence-corrected chi connectivity index (χ0v) is 28.3. The minimum atomic E-state index is -0.624. The highest BCUT2D eigenvalue weighted by Gasteiger charge is 2.56. The van der Waals surface area contributed by atoms with E-state index in [0.29, 0.717) is 52.2 Å². The molecule has 0 N–H and O–H groups in total. The average molecular weight is 656 g/mol. The lowest BCUT2D eigenvalue weighted by atomic mass is 9.79. The van der Waals surface area contributed by atoms with Crippen molar-refractivity contribution in [3.05, 3.63) is 47.2 Å². The van der Waals surface area contributed by atoms with Gasteiger partial charge in [0.15, 0.2) is 5.82 Å². The van der Waals surface area contributed by atoms with Crippen molar-refractivity contribution in [2.24, 2.45) is 5.92 Å². The van der Waals surface area contributed by atoms with Gasteiger partial charge in [0.05, 0.1) is 29.6 Å². The van der Waals surface area contributed by atoms with Crippen LogP contribution in [0.5, 0.6) is 0 Å². The summed E-state index contributed by atoms with van der Waals surface area (Å²) in [7, 11) is 3.46. The summed E-state index contributed by atoms with van der Waals surface area (Å²) in [4.78, 5) is 43.9. The number of thioether (sulfide) groups is 1. The largest absolute Gasteiger partial charge is 0.444 e. The first kappa shape index (κ1) is 31.4. The van der Waals surface area contributed by atoms with E-state index in [0.717, 1.165) is 24.0 Å². The first-order valence-electron chi connectivity index (χ1n) is 16.1. The fraction of sp³-hybridized carbons (Fsp3) is 0.486. The van der Waals surface area contributed by atoms with Gasteiger partial charge in [-0.3, -0.25) is 9.78 Å². The van der Waals surface area contributed by atoms with Crippen molar-refractivity contribution in [3.63, 3.8) is 0 Å². The van der Waals surface area contributed by atoms with Crippen LogP contribution in [0, 0.1) is 23.1 Å². The highest BCUT2D eigenvalue weighted by molar-refractivity contribution is 7.98. The van der Waals surface area contributed by atoms with Gasteiger partial charge in [-0.05, 0) is 57.4 Å². The molecule has 2 aliphatic carbocycles. The number of halogens is 1. The molecule has 4 atom stereocenters. The van der Waals surface area contributed by atoms with E-state index >= 15 is 4.39 Å². The predicted molar refractivity (Wildman–Crippen MR) is 178 cm³/mol. The van der Waals surface area contributed by atoms with Crippen molar-refractivity contribution < 1.29 is 18.7 Å². The number of imidazole rings is 1. The molecule has 0 spiro atoms. The first-order valence-corrected chi connectivity index (χ1v) is 17.3. The number of carbonyl (C=O) groups is 2. The zero-order valence-electron chi connectivity index (χ0n) is 27.5. The lowest BCUT2D eigenvalue weighted by Gasteiger charge is -2.39. The smallest absolute Gasteiger partial charge is 0.410 e. The van der Waals surface area contributed by atoms with Gasteiger partial charge in [0.1, 0.15) is 33.2 Å². The molecule has 4 aromatic rings. The van der Waals surface area contributed by atoms with E-state index in [1.54, 1.807) is 30.1 Å². The summed E-state index contributed by atoms with van der Waals surface area (Å²) in [6.07, 6.45) is 6.15. The molecule has 1 aromatic carbocycles. The Balaban J connectivity index is 1.41. The Morgan fingerprint density at radius 2 is 2.00 bits per heavy atom. The third-order valence-corrected chi connectivity index (χ3v) is 10.4. The molecule has 2 amide bonds. The standard InChI is InChI=1S/C35H38FN7O3S/c1-35(2,3)46-34(45)42-17-20-14-23(42)31(20)43-24(12-13-25(44)41(4)5)39-30-32(43)22-16-38-28(27(36)29(22)40-33(30)47-6)21-9-7-8-18-10-11-19(15-37)26(18)21/h7-9,16,19-20,23,31H,10-14,17H2,1-6H3. The average Bonchev–Trinajstić information content (AvgIpc) is 3.80. The number of pyridine rings is 2. The Morgan fingerprint density at radius 1 is 1.21 bits per heavy atom. The number of nitrogens with zero attached hydrogens (tertiary/aromatic N) is 7. The number of aromatic nitrogens is 4. The molecule has 5 heterocycles. The fourth-order valence-electron chi connectivity index (χ4n) is 7.60. The summed E-state index contributed by atoms with van der Waals surface area (Å²) in [5, 5.41) is 10.9. The number of rotatable bonds is 6. The second-order valence-corrected chi connectivity index (χ2v) is 14.8. The number of hydrogen-bond donors (Lipinski definition) is 0. The summed E-state index contributed by atoms with van der Waals surface area (Å²) in [6, 6.07) is 7.87. The molecule has 2 aliphatic heterocycles. The van der Waals surface area contributed by atoms with E-state index < -0.39 is 11.4 Å². The lowest BCUT2D eigenvalue weighted by Crippen LogP contribution is -2.44. The van der Waals surface area contributed by atoms with E-state index in [9.17, 15) is 14.9 Å². The van der Waals surface area contributed by atoms with Gasteiger partial charge in [0.25, 0.3) is 0 Å². The maximum Gasteiger partial charge on any atom is 0.410 e. The van der Waals surface area contributed by atoms with Crippen LogP contribution >= 0.6 is 11.8 Å². The van der Waals surface area contributed by atoms with Crippen LogP contribution in [0.25, 0.3) is 33.2 Å². The molecular weight excluding hydrogens is 617 g/mol. The molecule has 12 heteroatoms. The summed E-state index contributed by atoms with van der Waals surface area (Å²) in [6.45, 7) is 6.12. The minimum absolute atomic E-state index is 0.0212. The Hall–Kier alpha value is -4.24. The highest BCUT2D eigenvalue weighted by atomic mass is 32.2. The third-order valence-electron chi connectivity index (χ3n) is 9.74. The van der Waals surface area contributed by atoms with Crippen LogP contribution in [0.15, 0.2) is 29.4 Å². The van der Waals surface area contributed by atoms with E-state index in [2.05, 4.69) is 10.6 Å². The molecule has 0 radical (unpaired) electrons. The van der Waals surface area contributed by atoms with Gasteiger partial charge in [-0.1, -0.05) is 18.2 Å². The molecule has 3 aromatic heterocycles. The number of benzene rings is 1. The van der Waals surface area contributed by atoms with Crippen molar-refractivity contribution in [2.45, 2.75) is 81.5 Å². The van der Waals surface area contributed by atoms with Gasteiger partial charge in [-0.15, -0.1) is 11.8 Å². The maximum absolute atomic E-state index is 16.8. The molecule has 8 rings (SSSR count). The fourth-order valence-corrected chi connectivity index (χ4v) is 8.11. The Bertz CT molecular complexity index is 2000. The Kier molecular flexibility index (Phi) is 7.66. The molecule has 47 heavy (non-hydrogen) atoms. The van der Waals surface area contributed by atoms with Gasteiger partial charge < -0.3 is 19.1 Å². The number of ether oxygens (including phenoxy) is 1. The molecule has 10 nitrogen and oxygen atoms in total. The second-order valence-electron chi connectivity index (χ2n) is 14.0. The summed E-state index contributed by atoms with van der Waals surface area (Å²) >= 11 is 1.39. The number of aryl methyl sites for hydroxylation is 2. The van der Waals surface area contributed by atoms with E-state index in [1.807, 2.05) is 45.2 Å². The van der Waals surface area contributed by atoms with E-state index in [4.69, 9.17) is 19.7 Å². The molecular formula is C35H38FN7O3S. The van der Waals surface area contributed by atoms with Crippen molar-refractivity contribution >= 4 is 45.7 Å². The zero-order chi connectivity index (χ0) is 33.4. The van der Waals surface area contributed by atoms with Crippen LogP contribution in [-0.2, 0) is 22.4 Å². The van der Waals surface area contributed by atoms with Crippen LogP contribution < -0.4 is 0 Å². The van der Waals surface area contributed by atoms with E-state index in [-0.39, 0.29) is 53.6 Å². The number of hydrogen-bond acceptors (Lipinski definition) is 8. The SMILES string of the molecule is CSc1nc2c(F)c(-c3cccc4c3C(C#N)CC4)ncc2c2c1nc(CCC(=O)N(C)C)n2C1C2CC1N(C(=O)OC(C)(C)C)C2. The second kappa shape index (κ2) is 11.5. The molecule has 4 unspecified atom stereocenters. The topological polar surface area (TPSA) is 117 Å². The number of nitriles is 1. The summed E-state index contributed by atoms with van der Waals surface area (Å²) in [5.74, 6) is -0.0206. The van der Waals surface area contributed by atoms with Crippen molar-refractivity contribution in [2.75, 3.05) is 26.9 Å². The van der Waals surface area contributed by atoms with Gasteiger partial charge in [-0.25, -0.2) is 19.2 Å². The van der Waals surface area contributed by atoms with Crippen molar-refractivity contribution in [1.29, 1.82) is 5.26 Å². The van der Waals surface area contributed by atoms with Gasteiger partial charge in [0.2, 0.25) is 5.91 Å². The maximum atomic E-state index is 16.8. The summed E-state index contributed by atoms with van der Waals surface area (Å²) in [5.41, 5.74) is 3.60. The molecule has 2 saturated heterocycles. The number of fused-ring (bicyclic) bond motifs is 5. The monoisotopic (exact) mass is 655 g/mol. The minimum Gasteiger partial charge on any atom is -0.444 e. The molecule has 1 saturated carbocycles. The van der Waals surface area contributed by atoms with Crippen molar-refractivity contribution in [1.82, 2.24) is 29.3 Å². The van der Waals surface area contributed by atoms with Crippen LogP contribution in [0.4, 0.5) is 9.18 Å². The number of carbonyl (C=O) groups excluding carboxylic acids is 2. The van der Waals surface area contributed by atoms with Crippen LogP contribution in [0.2, 0.25) is 0 Å². The molecule has 4 aliphatic rings.